The summed E-state index contributed by atoms with van der Waals surface area (Å²) in [5, 5.41) is 2.52. The number of furan rings is 1. The van der Waals surface area contributed by atoms with Gasteiger partial charge >= 0.3 is 12.0 Å². The Morgan fingerprint density at radius 1 is 1.32 bits per heavy atom. The van der Waals surface area contributed by atoms with Crippen LogP contribution in [0.4, 0.5) is 4.79 Å². The molecule has 0 bridgehead atoms. The van der Waals surface area contributed by atoms with E-state index in [-0.39, 0.29) is 30.4 Å². The van der Waals surface area contributed by atoms with Gasteiger partial charge in [0, 0.05) is 0 Å². The maximum absolute atomic E-state index is 12.6. The maximum atomic E-state index is 12.6. The number of imide groups is 1. The molecular formula is C20H16N2O6. The third kappa shape index (κ3) is 4.04. The molecule has 2 aromatic rings. The average Bonchev–Trinajstić information content (AvgIpc) is 3.27. The molecule has 0 aliphatic carbocycles. The fourth-order valence-corrected chi connectivity index (χ4v) is 2.53. The molecule has 2 heterocycles. The Bertz CT molecular complexity index is 998. The third-order valence-corrected chi connectivity index (χ3v) is 3.82. The lowest BCUT2D eigenvalue weighted by Crippen LogP contribution is -2.30. The van der Waals surface area contributed by atoms with Gasteiger partial charge in [0.25, 0.3) is 5.91 Å². The number of esters is 1. The third-order valence-electron chi connectivity index (χ3n) is 3.82. The number of rotatable bonds is 6. The Morgan fingerprint density at radius 3 is 2.89 bits per heavy atom. The van der Waals surface area contributed by atoms with E-state index in [9.17, 15) is 14.4 Å². The molecule has 8 nitrogen and oxygen atoms in total. The van der Waals surface area contributed by atoms with Crippen molar-refractivity contribution in [1.82, 2.24) is 10.2 Å². The Hall–Kier alpha value is -3.99. The van der Waals surface area contributed by atoms with Gasteiger partial charge in [0.05, 0.1) is 13.7 Å². The van der Waals surface area contributed by atoms with Crippen molar-refractivity contribution in [3.63, 3.8) is 0 Å². The van der Waals surface area contributed by atoms with Crippen molar-refractivity contribution in [2.24, 2.45) is 0 Å². The van der Waals surface area contributed by atoms with Crippen LogP contribution in [0.15, 0.2) is 46.5 Å². The van der Waals surface area contributed by atoms with Gasteiger partial charge in [0.2, 0.25) is 5.76 Å². The first-order valence-corrected chi connectivity index (χ1v) is 8.19. The molecule has 1 saturated heterocycles. The molecule has 1 aliphatic rings. The lowest BCUT2D eigenvalue weighted by molar-refractivity contribution is -0.123. The second-order valence-electron chi connectivity index (χ2n) is 5.70. The number of terminal acetylenes is 1. The summed E-state index contributed by atoms with van der Waals surface area (Å²) in [5.41, 5.74) is 0.768. The van der Waals surface area contributed by atoms with Crippen LogP contribution >= 0.6 is 0 Å². The fraction of sp³-hybridized carbons (Fsp3) is 0.150. The molecule has 3 amide bonds. The van der Waals surface area contributed by atoms with Crippen LogP contribution in [-0.4, -0.2) is 36.5 Å². The number of carbonyl (C=O) groups is 3. The lowest BCUT2D eigenvalue weighted by Gasteiger charge is -2.09. The minimum atomic E-state index is -0.643. The number of benzene rings is 1. The summed E-state index contributed by atoms with van der Waals surface area (Å²) < 4.78 is 15.2. The molecular weight excluding hydrogens is 364 g/mol. The number of nitrogens with zero attached hydrogens (tertiary/aromatic N) is 1. The van der Waals surface area contributed by atoms with E-state index < -0.39 is 17.9 Å². The van der Waals surface area contributed by atoms with Crippen LogP contribution in [0.3, 0.4) is 0 Å². The van der Waals surface area contributed by atoms with E-state index in [0.717, 1.165) is 4.90 Å². The van der Waals surface area contributed by atoms with Gasteiger partial charge in [-0.15, -0.1) is 6.42 Å². The lowest BCUT2D eigenvalue weighted by atomic mass is 10.2. The van der Waals surface area contributed by atoms with Crippen LogP contribution in [0, 0.1) is 12.3 Å². The molecule has 1 N–H and O–H groups in total. The van der Waals surface area contributed by atoms with Crippen molar-refractivity contribution in [1.29, 1.82) is 0 Å². The largest absolute Gasteiger partial charge is 0.481 e. The highest BCUT2D eigenvalue weighted by Crippen LogP contribution is 2.20. The van der Waals surface area contributed by atoms with E-state index in [1.807, 2.05) is 0 Å². The van der Waals surface area contributed by atoms with Crippen molar-refractivity contribution in [2.45, 2.75) is 6.54 Å². The van der Waals surface area contributed by atoms with Crippen molar-refractivity contribution in [3.8, 4) is 18.1 Å². The molecule has 8 heteroatoms. The SMILES string of the molecule is C#CCOc1cccc(C=C2NC(=O)N(Cc3ccc(C(=O)OC)o3)C2=O)c1. The van der Waals surface area contributed by atoms with Crippen molar-refractivity contribution < 1.29 is 28.3 Å². The number of methoxy groups -OCH3 is 1. The van der Waals surface area contributed by atoms with Crippen LogP contribution in [0.25, 0.3) is 6.08 Å². The van der Waals surface area contributed by atoms with E-state index in [1.165, 1.54) is 25.3 Å². The molecule has 0 unspecified atom stereocenters. The minimum absolute atomic E-state index is 0.0101. The summed E-state index contributed by atoms with van der Waals surface area (Å²) in [5.74, 6) is 2.02. The van der Waals surface area contributed by atoms with Gasteiger partial charge in [-0.1, -0.05) is 18.1 Å². The van der Waals surface area contributed by atoms with E-state index in [0.29, 0.717) is 11.3 Å². The number of urea groups is 1. The van der Waals surface area contributed by atoms with Gasteiger partial charge < -0.3 is 19.2 Å². The predicted octanol–water partition coefficient (Wildman–Crippen LogP) is 2.17. The topological polar surface area (TPSA) is 98.1 Å². The van der Waals surface area contributed by atoms with Crippen molar-refractivity contribution >= 4 is 24.0 Å². The smallest absolute Gasteiger partial charge is 0.373 e. The van der Waals surface area contributed by atoms with Crippen LogP contribution < -0.4 is 10.1 Å². The van der Waals surface area contributed by atoms with Gasteiger partial charge in [-0.2, -0.15) is 0 Å². The van der Waals surface area contributed by atoms with Crippen LogP contribution in [-0.2, 0) is 16.1 Å². The zero-order valence-electron chi connectivity index (χ0n) is 14.9. The van der Waals surface area contributed by atoms with E-state index in [1.54, 1.807) is 24.3 Å². The molecule has 1 aromatic heterocycles. The molecule has 1 aromatic carbocycles. The number of hydrogen-bond donors (Lipinski definition) is 1. The summed E-state index contributed by atoms with van der Waals surface area (Å²) >= 11 is 0. The number of nitrogens with one attached hydrogen (secondary N) is 1. The van der Waals surface area contributed by atoms with Gasteiger partial charge in [0.15, 0.2) is 0 Å². The van der Waals surface area contributed by atoms with Gasteiger partial charge in [-0.3, -0.25) is 9.69 Å². The Morgan fingerprint density at radius 2 is 2.14 bits per heavy atom. The molecule has 142 valence electrons. The predicted molar refractivity (Wildman–Crippen MR) is 97.9 cm³/mol. The molecule has 1 fully saturated rings. The summed E-state index contributed by atoms with van der Waals surface area (Å²) in [6.45, 7) is 0.00446. The molecule has 0 radical (unpaired) electrons. The maximum Gasteiger partial charge on any atom is 0.373 e. The summed E-state index contributed by atoms with van der Waals surface area (Å²) in [6.07, 6.45) is 6.70. The van der Waals surface area contributed by atoms with Gasteiger partial charge in [-0.25, -0.2) is 9.59 Å². The molecule has 0 atom stereocenters. The van der Waals surface area contributed by atoms with Crippen LogP contribution in [0.2, 0.25) is 0 Å². The van der Waals surface area contributed by atoms with Crippen molar-refractivity contribution in [2.75, 3.05) is 13.7 Å². The molecule has 0 spiro atoms. The molecule has 1 aliphatic heterocycles. The molecule has 3 rings (SSSR count). The number of hydrogen-bond acceptors (Lipinski definition) is 6. The average molecular weight is 380 g/mol. The quantitative estimate of drug-likeness (QED) is 0.357. The number of ether oxygens (including phenoxy) is 2. The first-order valence-electron chi connectivity index (χ1n) is 8.19. The highest BCUT2D eigenvalue weighted by atomic mass is 16.5. The zero-order valence-corrected chi connectivity index (χ0v) is 14.9. The zero-order chi connectivity index (χ0) is 20.1. The monoisotopic (exact) mass is 380 g/mol. The van der Waals surface area contributed by atoms with E-state index >= 15 is 0 Å². The summed E-state index contributed by atoms with van der Waals surface area (Å²) in [4.78, 5) is 37.1. The number of amides is 3. The first-order chi connectivity index (χ1) is 13.5. The normalized spacial score (nSPS) is 14.7. The van der Waals surface area contributed by atoms with E-state index in [4.69, 9.17) is 15.6 Å². The molecule has 28 heavy (non-hydrogen) atoms. The Kier molecular flexibility index (Phi) is 5.46. The Balaban J connectivity index is 1.74. The highest BCUT2D eigenvalue weighted by Gasteiger charge is 2.34. The standard InChI is InChI=1S/C20H16N2O6/c1-3-9-27-14-6-4-5-13(10-14)11-16-18(23)22(20(25)21-16)12-15-7-8-17(28-15)19(24)26-2/h1,4-8,10-11H,9,12H2,2H3,(H,21,25). The second-order valence-corrected chi connectivity index (χ2v) is 5.70. The van der Waals surface area contributed by atoms with Gasteiger partial charge in [0.1, 0.15) is 23.8 Å². The summed E-state index contributed by atoms with van der Waals surface area (Å²) in [6, 6.07) is 9.25. The van der Waals surface area contributed by atoms with Crippen LogP contribution in [0.5, 0.6) is 5.75 Å². The first kappa shape index (κ1) is 18.8. The van der Waals surface area contributed by atoms with Crippen LogP contribution in [0.1, 0.15) is 21.9 Å². The summed E-state index contributed by atoms with van der Waals surface area (Å²) in [7, 11) is 1.23. The van der Waals surface area contributed by atoms with Crippen molar-refractivity contribution in [3.05, 3.63) is 59.2 Å². The van der Waals surface area contributed by atoms with Gasteiger partial charge in [-0.05, 0) is 35.9 Å². The fourth-order valence-electron chi connectivity index (χ4n) is 2.53. The van der Waals surface area contributed by atoms with E-state index in [2.05, 4.69) is 16.0 Å². The number of carbonyl (C=O) groups excluding carboxylic acids is 3. The highest BCUT2D eigenvalue weighted by molar-refractivity contribution is 6.13. The second kappa shape index (κ2) is 8.14. The minimum Gasteiger partial charge on any atom is -0.481 e. The molecule has 0 saturated carbocycles. The Labute approximate surface area is 160 Å².